The molecule has 106 valence electrons. The van der Waals surface area contributed by atoms with Crippen LogP contribution in [0.15, 0.2) is 54.6 Å². The molecule has 0 fully saturated rings. The van der Waals surface area contributed by atoms with Gasteiger partial charge in [0, 0.05) is 5.69 Å². The van der Waals surface area contributed by atoms with Crippen molar-refractivity contribution in [2.75, 3.05) is 5.73 Å². The second-order valence-electron chi connectivity index (χ2n) is 5.44. The molecule has 0 saturated heterocycles. The predicted octanol–water partition coefficient (Wildman–Crippen LogP) is 5.21. The highest BCUT2D eigenvalue weighted by Crippen LogP contribution is 2.35. The molecule has 0 aliphatic carbocycles. The number of nitrogen functional groups attached to an aromatic ring is 1. The molecule has 0 heterocycles. The molecule has 0 bridgehead atoms. The van der Waals surface area contributed by atoms with Gasteiger partial charge in [-0.05, 0) is 58.0 Å². The van der Waals surface area contributed by atoms with Crippen LogP contribution in [-0.4, -0.2) is 0 Å². The molecule has 0 aliphatic rings. The van der Waals surface area contributed by atoms with Gasteiger partial charge < -0.3 is 5.73 Å². The maximum Gasteiger partial charge on any atom is 0.0317 e. The van der Waals surface area contributed by atoms with Gasteiger partial charge >= 0.3 is 0 Å². The number of aryl methyl sites for hydroxylation is 2. The molecule has 0 aliphatic heterocycles. The van der Waals surface area contributed by atoms with Crippen molar-refractivity contribution in [1.82, 2.24) is 0 Å². The van der Waals surface area contributed by atoms with Gasteiger partial charge in [0.15, 0.2) is 0 Å². The molecule has 0 spiro atoms. The van der Waals surface area contributed by atoms with Crippen molar-refractivity contribution < 1.29 is 0 Å². The van der Waals surface area contributed by atoms with Gasteiger partial charge in [-0.2, -0.15) is 0 Å². The number of hydrogen-bond donors (Lipinski definition) is 1. The van der Waals surface area contributed by atoms with E-state index in [0.29, 0.717) is 0 Å². The maximum absolute atomic E-state index is 5.96. The predicted molar refractivity (Wildman–Crippen MR) is 92.6 cm³/mol. The van der Waals surface area contributed by atoms with Crippen molar-refractivity contribution in [3.8, 4) is 11.1 Å². The molecule has 3 aromatic carbocycles. The molecule has 3 aromatic rings. The summed E-state index contributed by atoms with van der Waals surface area (Å²) in [5.74, 6) is 0. The second kappa shape index (κ2) is 5.61. The average Bonchev–Trinajstić information content (AvgIpc) is 2.53. The van der Waals surface area contributed by atoms with Gasteiger partial charge in [-0.25, -0.2) is 0 Å². The number of hydrogen-bond acceptors (Lipinski definition) is 1. The topological polar surface area (TPSA) is 26.0 Å². The van der Waals surface area contributed by atoms with Crippen molar-refractivity contribution in [2.45, 2.75) is 26.7 Å². The molecule has 0 saturated carbocycles. The first-order valence-corrected chi connectivity index (χ1v) is 7.64. The fraction of sp³-hybridized carbons (Fsp3) is 0.200. The van der Waals surface area contributed by atoms with E-state index in [0.717, 1.165) is 18.5 Å². The third-order valence-electron chi connectivity index (χ3n) is 4.18. The zero-order valence-electron chi connectivity index (χ0n) is 12.7. The monoisotopic (exact) mass is 275 g/mol. The van der Waals surface area contributed by atoms with Crippen LogP contribution in [0.4, 0.5) is 5.69 Å². The van der Waals surface area contributed by atoms with Crippen LogP contribution in [-0.2, 0) is 12.8 Å². The van der Waals surface area contributed by atoms with Crippen molar-refractivity contribution >= 4 is 16.5 Å². The summed E-state index contributed by atoms with van der Waals surface area (Å²) in [5.41, 5.74) is 12.2. The summed E-state index contributed by atoms with van der Waals surface area (Å²) in [4.78, 5) is 0. The molecule has 1 nitrogen and oxygen atoms in total. The highest BCUT2D eigenvalue weighted by atomic mass is 14.5. The standard InChI is InChI=1S/C20H21N/c1-3-14-9-10-16-7-5-6-8-18(16)20(14)19-12-11-17(21)13-15(19)4-2/h5-13H,3-4,21H2,1-2H3. The van der Waals surface area contributed by atoms with Crippen LogP contribution in [0.3, 0.4) is 0 Å². The molecule has 2 N–H and O–H groups in total. The minimum Gasteiger partial charge on any atom is -0.399 e. The highest BCUT2D eigenvalue weighted by molar-refractivity contribution is 5.99. The molecule has 0 amide bonds. The third kappa shape index (κ3) is 2.40. The van der Waals surface area contributed by atoms with Crippen LogP contribution in [0.5, 0.6) is 0 Å². The van der Waals surface area contributed by atoms with E-state index in [4.69, 9.17) is 5.73 Å². The zero-order chi connectivity index (χ0) is 14.8. The van der Waals surface area contributed by atoms with Crippen molar-refractivity contribution in [3.63, 3.8) is 0 Å². The second-order valence-corrected chi connectivity index (χ2v) is 5.44. The van der Waals surface area contributed by atoms with E-state index < -0.39 is 0 Å². The van der Waals surface area contributed by atoms with E-state index in [-0.39, 0.29) is 0 Å². The largest absolute Gasteiger partial charge is 0.399 e. The Hall–Kier alpha value is -2.28. The van der Waals surface area contributed by atoms with Gasteiger partial charge in [-0.3, -0.25) is 0 Å². The van der Waals surface area contributed by atoms with E-state index in [1.165, 1.54) is 33.0 Å². The Morgan fingerprint density at radius 2 is 1.57 bits per heavy atom. The Morgan fingerprint density at radius 3 is 2.33 bits per heavy atom. The third-order valence-corrected chi connectivity index (χ3v) is 4.18. The molecule has 0 unspecified atom stereocenters. The Morgan fingerprint density at radius 1 is 0.810 bits per heavy atom. The summed E-state index contributed by atoms with van der Waals surface area (Å²) in [5, 5.41) is 2.62. The molecular formula is C20H21N. The number of anilines is 1. The first-order valence-electron chi connectivity index (χ1n) is 7.64. The van der Waals surface area contributed by atoms with Gasteiger partial charge in [0.05, 0.1) is 0 Å². The van der Waals surface area contributed by atoms with E-state index in [1.54, 1.807) is 0 Å². The van der Waals surface area contributed by atoms with E-state index in [2.05, 4.69) is 62.4 Å². The quantitative estimate of drug-likeness (QED) is 0.652. The number of fused-ring (bicyclic) bond motifs is 1. The van der Waals surface area contributed by atoms with Gasteiger partial charge in [-0.1, -0.05) is 56.3 Å². The maximum atomic E-state index is 5.96. The van der Waals surface area contributed by atoms with Crippen LogP contribution < -0.4 is 5.73 Å². The minimum atomic E-state index is 0.842. The Bertz CT molecular complexity index is 787. The van der Waals surface area contributed by atoms with Gasteiger partial charge in [0.1, 0.15) is 0 Å². The molecule has 3 rings (SSSR count). The SMILES string of the molecule is CCc1cc(N)ccc1-c1c(CC)ccc2ccccc12. The molecule has 0 aromatic heterocycles. The van der Waals surface area contributed by atoms with Crippen molar-refractivity contribution in [3.05, 3.63) is 65.7 Å². The smallest absolute Gasteiger partial charge is 0.0317 e. The van der Waals surface area contributed by atoms with E-state index >= 15 is 0 Å². The highest BCUT2D eigenvalue weighted by Gasteiger charge is 2.12. The molecular weight excluding hydrogens is 254 g/mol. The first-order chi connectivity index (χ1) is 10.2. The van der Waals surface area contributed by atoms with Crippen molar-refractivity contribution in [1.29, 1.82) is 0 Å². The normalized spacial score (nSPS) is 11.0. The van der Waals surface area contributed by atoms with Crippen LogP contribution in [0.2, 0.25) is 0 Å². The number of nitrogens with two attached hydrogens (primary N) is 1. The van der Waals surface area contributed by atoms with Gasteiger partial charge in [-0.15, -0.1) is 0 Å². The summed E-state index contributed by atoms with van der Waals surface area (Å²) >= 11 is 0. The van der Waals surface area contributed by atoms with Crippen LogP contribution in [0, 0.1) is 0 Å². The lowest BCUT2D eigenvalue weighted by Crippen LogP contribution is -1.96. The molecule has 1 heteroatoms. The first kappa shape index (κ1) is 13.7. The number of benzene rings is 3. The number of rotatable bonds is 3. The van der Waals surface area contributed by atoms with Crippen LogP contribution >= 0.6 is 0 Å². The van der Waals surface area contributed by atoms with Crippen molar-refractivity contribution in [2.24, 2.45) is 0 Å². The molecule has 0 atom stereocenters. The van der Waals surface area contributed by atoms with Crippen LogP contribution in [0.1, 0.15) is 25.0 Å². The van der Waals surface area contributed by atoms with E-state index in [1.807, 2.05) is 6.07 Å². The molecule has 0 radical (unpaired) electrons. The Balaban J connectivity index is 2.38. The zero-order valence-corrected chi connectivity index (χ0v) is 12.7. The summed E-state index contributed by atoms with van der Waals surface area (Å²) in [6.45, 7) is 4.41. The average molecular weight is 275 g/mol. The lowest BCUT2D eigenvalue weighted by Gasteiger charge is -2.16. The van der Waals surface area contributed by atoms with E-state index in [9.17, 15) is 0 Å². The minimum absolute atomic E-state index is 0.842. The Labute approximate surface area is 126 Å². The lowest BCUT2D eigenvalue weighted by molar-refractivity contribution is 1.12. The lowest BCUT2D eigenvalue weighted by atomic mass is 9.89. The summed E-state index contributed by atoms with van der Waals surface area (Å²) in [7, 11) is 0. The molecule has 21 heavy (non-hydrogen) atoms. The fourth-order valence-corrected chi connectivity index (χ4v) is 3.08. The van der Waals surface area contributed by atoms with Gasteiger partial charge in [0.25, 0.3) is 0 Å². The summed E-state index contributed by atoms with van der Waals surface area (Å²) < 4.78 is 0. The van der Waals surface area contributed by atoms with Gasteiger partial charge in [0.2, 0.25) is 0 Å². The Kier molecular flexibility index (Phi) is 3.66. The summed E-state index contributed by atoms with van der Waals surface area (Å²) in [6.07, 6.45) is 2.03. The fourth-order valence-electron chi connectivity index (χ4n) is 3.08. The summed E-state index contributed by atoms with van der Waals surface area (Å²) in [6, 6.07) is 19.4. The van der Waals surface area contributed by atoms with Crippen LogP contribution in [0.25, 0.3) is 21.9 Å².